The van der Waals surface area contributed by atoms with Crippen LogP contribution in [0.15, 0.2) is 41.0 Å². The number of furan rings is 1. The molecule has 1 heterocycles. The Balaban J connectivity index is 1.87. The molecule has 0 fully saturated rings. The summed E-state index contributed by atoms with van der Waals surface area (Å²) < 4.78 is 18.2. The number of halogens is 2. The van der Waals surface area contributed by atoms with Gasteiger partial charge in [0, 0.05) is 18.7 Å². The summed E-state index contributed by atoms with van der Waals surface area (Å²) in [6.45, 7) is 1.36. The van der Waals surface area contributed by atoms with Crippen LogP contribution in [0.3, 0.4) is 0 Å². The highest BCUT2D eigenvalue weighted by atomic mass is 35.5. The standard InChI is InChI=1S/C16H16ClFN2O4/c1-16(23,8-11-3-2-6-24-11)9-19-14(21)15(22)20-10-4-5-13(18)12(17)7-10/h2-7,23H,8-9H2,1H3,(H,19,21)(H,20,22)/t16-/m0/s1. The van der Waals surface area contributed by atoms with Crippen molar-refractivity contribution in [1.29, 1.82) is 0 Å². The van der Waals surface area contributed by atoms with Gasteiger partial charge in [-0.1, -0.05) is 11.6 Å². The van der Waals surface area contributed by atoms with E-state index >= 15 is 0 Å². The van der Waals surface area contributed by atoms with E-state index in [9.17, 15) is 19.1 Å². The van der Waals surface area contributed by atoms with Crippen LogP contribution in [0.5, 0.6) is 0 Å². The van der Waals surface area contributed by atoms with Gasteiger partial charge in [0.1, 0.15) is 11.6 Å². The van der Waals surface area contributed by atoms with Crippen molar-refractivity contribution in [1.82, 2.24) is 5.32 Å². The van der Waals surface area contributed by atoms with E-state index in [1.165, 1.54) is 25.3 Å². The SMILES string of the molecule is C[C@@](O)(CNC(=O)C(=O)Nc1ccc(F)c(Cl)c1)Cc1ccco1. The lowest BCUT2D eigenvalue weighted by Gasteiger charge is -2.22. The Morgan fingerprint density at radius 1 is 1.33 bits per heavy atom. The molecule has 1 aromatic carbocycles. The summed E-state index contributed by atoms with van der Waals surface area (Å²) in [5, 5.41) is 14.7. The van der Waals surface area contributed by atoms with Crippen molar-refractivity contribution >= 4 is 29.1 Å². The molecule has 24 heavy (non-hydrogen) atoms. The van der Waals surface area contributed by atoms with Crippen LogP contribution in [-0.4, -0.2) is 29.1 Å². The Morgan fingerprint density at radius 3 is 2.71 bits per heavy atom. The molecular weight excluding hydrogens is 339 g/mol. The molecule has 1 atom stereocenters. The fourth-order valence-corrected chi connectivity index (χ4v) is 2.14. The molecule has 8 heteroatoms. The molecule has 0 aliphatic rings. The maximum atomic E-state index is 13.0. The van der Waals surface area contributed by atoms with Crippen LogP contribution >= 0.6 is 11.6 Å². The van der Waals surface area contributed by atoms with Gasteiger partial charge in [-0.15, -0.1) is 0 Å². The van der Waals surface area contributed by atoms with E-state index in [0.717, 1.165) is 6.07 Å². The largest absolute Gasteiger partial charge is 0.469 e. The summed E-state index contributed by atoms with van der Waals surface area (Å²) in [6, 6.07) is 6.92. The Hall–Kier alpha value is -2.38. The van der Waals surface area contributed by atoms with Crippen molar-refractivity contribution in [3.05, 3.63) is 53.2 Å². The summed E-state index contributed by atoms with van der Waals surface area (Å²) in [5.41, 5.74) is -1.10. The van der Waals surface area contributed by atoms with Gasteiger partial charge in [0.2, 0.25) is 0 Å². The molecule has 128 valence electrons. The van der Waals surface area contributed by atoms with Gasteiger partial charge in [-0.25, -0.2) is 4.39 Å². The second-order valence-corrected chi connectivity index (χ2v) is 5.93. The number of hydrogen-bond acceptors (Lipinski definition) is 4. The molecule has 0 aliphatic heterocycles. The van der Waals surface area contributed by atoms with E-state index in [1.807, 2.05) is 0 Å². The number of carbonyl (C=O) groups excluding carboxylic acids is 2. The van der Waals surface area contributed by atoms with Gasteiger partial charge in [-0.2, -0.15) is 0 Å². The van der Waals surface area contributed by atoms with Crippen LogP contribution in [0.25, 0.3) is 0 Å². The number of rotatable bonds is 5. The molecule has 0 bridgehead atoms. The van der Waals surface area contributed by atoms with Gasteiger partial charge in [0.25, 0.3) is 0 Å². The number of nitrogens with one attached hydrogen (secondary N) is 2. The molecule has 1 aromatic heterocycles. The molecule has 3 N–H and O–H groups in total. The minimum Gasteiger partial charge on any atom is -0.469 e. The van der Waals surface area contributed by atoms with Gasteiger partial charge in [0.05, 0.1) is 16.9 Å². The number of carbonyl (C=O) groups is 2. The predicted octanol–water partition coefficient (Wildman–Crippen LogP) is 2.12. The van der Waals surface area contributed by atoms with Gasteiger partial charge in [-0.05, 0) is 37.3 Å². The van der Waals surface area contributed by atoms with Crippen molar-refractivity contribution in [3.63, 3.8) is 0 Å². The van der Waals surface area contributed by atoms with Crippen LogP contribution in [0.1, 0.15) is 12.7 Å². The number of hydrogen-bond donors (Lipinski definition) is 3. The summed E-state index contributed by atoms with van der Waals surface area (Å²) in [5.74, 6) is -1.96. The van der Waals surface area contributed by atoms with Crippen molar-refractivity contribution in [2.45, 2.75) is 18.9 Å². The van der Waals surface area contributed by atoms with E-state index in [0.29, 0.717) is 5.76 Å². The molecular formula is C16H16ClFN2O4. The van der Waals surface area contributed by atoms with Crippen LogP contribution in [-0.2, 0) is 16.0 Å². The average molecular weight is 355 g/mol. The lowest BCUT2D eigenvalue weighted by atomic mass is 10.0. The molecule has 0 aliphatic carbocycles. The second kappa shape index (κ2) is 7.46. The highest BCUT2D eigenvalue weighted by molar-refractivity contribution is 6.39. The maximum absolute atomic E-state index is 13.0. The number of amides is 2. The Labute approximate surface area is 142 Å². The quantitative estimate of drug-likeness (QED) is 0.717. The van der Waals surface area contributed by atoms with Gasteiger partial charge in [-0.3, -0.25) is 9.59 Å². The molecule has 0 unspecified atom stereocenters. The highest BCUT2D eigenvalue weighted by Gasteiger charge is 2.25. The molecule has 0 radical (unpaired) electrons. The molecule has 2 rings (SSSR count). The van der Waals surface area contributed by atoms with E-state index in [4.69, 9.17) is 16.0 Å². The topological polar surface area (TPSA) is 91.6 Å². The van der Waals surface area contributed by atoms with Crippen molar-refractivity contribution in [2.24, 2.45) is 0 Å². The first kappa shape index (κ1) is 18.0. The van der Waals surface area contributed by atoms with E-state index < -0.39 is 23.2 Å². The summed E-state index contributed by atoms with van der Waals surface area (Å²) >= 11 is 5.60. The smallest absolute Gasteiger partial charge is 0.313 e. The van der Waals surface area contributed by atoms with Crippen molar-refractivity contribution < 1.29 is 23.5 Å². The molecule has 2 amide bonds. The van der Waals surface area contributed by atoms with Crippen LogP contribution in [0.4, 0.5) is 10.1 Å². The molecule has 0 saturated heterocycles. The Morgan fingerprint density at radius 2 is 2.08 bits per heavy atom. The van der Waals surface area contributed by atoms with Crippen molar-refractivity contribution in [2.75, 3.05) is 11.9 Å². The predicted molar refractivity (Wildman–Crippen MR) is 86.1 cm³/mol. The Kier molecular flexibility index (Phi) is 5.58. The maximum Gasteiger partial charge on any atom is 0.313 e. The average Bonchev–Trinajstić information content (AvgIpc) is 3.00. The fraction of sp³-hybridized carbons (Fsp3) is 0.250. The van der Waals surface area contributed by atoms with Gasteiger partial charge < -0.3 is 20.2 Å². The summed E-state index contributed by atoms with van der Waals surface area (Å²) in [6.07, 6.45) is 1.65. The van der Waals surface area contributed by atoms with E-state index in [2.05, 4.69) is 10.6 Å². The van der Waals surface area contributed by atoms with Crippen LogP contribution < -0.4 is 10.6 Å². The van der Waals surface area contributed by atoms with Crippen molar-refractivity contribution in [3.8, 4) is 0 Å². The zero-order valence-electron chi connectivity index (χ0n) is 12.8. The fourth-order valence-electron chi connectivity index (χ4n) is 1.96. The van der Waals surface area contributed by atoms with Gasteiger partial charge >= 0.3 is 11.8 Å². The summed E-state index contributed by atoms with van der Waals surface area (Å²) in [4.78, 5) is 23.6. The first-order valence-electron chi connectivity index (χ1n) is 7.06. The molecule has 6 nitrogen and oxygen atoms in total. The van der Waals surface area contributed by atoms with E-state index in [1.54, 1.807) is 12.1 Å². The molecule has 0 spiro atoms. The molecule has 2 aromatic rings. The third-order valence-electron chi connectivity index (χ3n) is 3.15. The second-order valence-electron chi connectivity index (χ2n) is 5.52. The molecule has 0 saturated carbocycles. The Bertz CT molecular complexity index is 732. The van der Waals surface area contributed by atoms with Gasteiger partial charge in [0.15, 0.2) is 0 Å². The lowest BCUT2D eigenvalue weighted by Crippen LogP contribution is -2.45. The minimum absolute atomic E-state index is 0.149. The zero-order chi connectivity index (χ0) is 17.7. The third kappa shape index (κ3) is 5.07. The first-order valence-corrected chi connectivity index (χ1v) is 7.44. The van der Waals surface area contributed by atoms with E-state index in [-0.39, 0.29) is 23.7 Å². The van der Waals surface area contributed by atoms with Crippen LogP contribution in [0, 0.1) is 5.82 Å². The number of benzene rings is 1. The van der Waals surface area contributed by atoms with Crippen LogP contribution in [0.2, 0.25) is 5.02 Å². The highest BCUT2D eigenvalue weighted by Crippen LogP contribution is 2.19. The first-order chi connectivity index (χ1) is 11.3. The number of anilines is 1. The normalized spacial score (nSPS) is 13.2. The monoisotopic (exact) mass is 354 g/mol. The summed E-state index contributed by atoms with van der Waals surface area (Å²) in [7, 11) is 0. The number of aliphatic hydroxyl groups is 1. The third-order valence-corrected chi connectivity index (χ3v) is 3.44. The minimum atomic E-state index is -1.28. The zero-order valence-corrected chi connectivity index (χ0v) is 13.6. The lowest BCUT2D eigenvalue weighted by molar-refractivity contribution is -0.136.